The molecule has 94 valence electrons. The van der Waals surface area contributed by atoms with Gasteiger partial charge in [-0.25, -0.2) is 0 Å². The van der Waals surface area contributed by atoms with Crippen LogP contribution in [-0.4, -0.2) is 5.78 Å². The second-order valence-electron chi connectivity index (χ2n) is 4.94. The minimum Gasteiger partial charge on any atom is -0.288 e. The number of carbonyl (C=O) groups is 1. The zero-order chi connectivity index (χ0) is 13.6. The lowest BCUT2D eigenvalue weighted by atomic mass is 9.96. The summed E-state index contributed by atoms with van der Waals surface area (Å²) in [6.07, 6.45) is 0. The molecule has 0 aliphatic heterocycles. The molecular formula is C17H13BrO. The molecule has 3 rings (SSSR count). The van der Waals surface area contributed by atoms with E-state index in [1.165, 1.54) is 11.1 Å². The monoisotopic (exact) mass is 312 g/mol. The van der Waals surface area contributed by atoms with Crippen LogP contribution in [0.3, 0.4) is 0 Å². The van der Waals surface area contributed by atoms with Gasteiger partial charge in [0.2, 0.25) is 5.78 Å². The van der Waals surface area contributed by atoms with Gasteiger partial charge in [0.25, 0.3) is 0 Å². The molecule has 0 spiro atoms. The van der Waals surface area contributed by atoms with E-state index in [0.29, 0.717) is 4.48 Å². The Morgan fingerprint density at radius 2 is 1.47 bits per heavy atom. The maximum atomic E-state index is 12.2. The SMILES string of the molecule is Cc1cc(C)cc(C2=C(Br)C(=O)c3ccccc32)c1. The average molecular weight is 313 g/mol. The van der Waals surface area contributed by atoms with Crippen LogP contribution in [0.2, 0.25) is 0 Å². The van der Waals surface area contributed by atoms with Crippen molar-refractivity contribution in [2.75, 3.05) is 0 Å². The van der Waals surface area contributed by atoms with E-state index in [2.05, 4.69) is 48.0 Å². The number of fused-ring (bicyclic) bond motifs is 1. The molecule has 0 radical (unpaired) electrons. The molecule has 0 bridgehead atoms. The Labute approximate surface area is 121 Å². The third-order valence-electron chi connectivity index (χ3n) is 3.37. The number of allylic oxidation sites excluding steroid dienone is 1. The molecule has 0 fully saturated rings. The molecule has 0 N–H and O–H groups in total. The summed E-state index contributed by atoms with van der Waals surface area (Å²) in [6, 6.07) is 14.2. The quantitative estimate of drug-likeness (QED) is 0.749. The highest BCUT2D eigenvalue weighted by atomic mass is 79.9. The van der Waals surface area contributed by atoms with Crippen LogP contribution in [0, 0.1) is 13.8 Å². The van der Waals surface area contributed by atoms with Crippen molar-refractivity contribution in [3.05, 3.63) is 74.8 Å². The molecule has 0 atom stereocenters. The van der Waals surface area contributed by atoms with E-state index in [1.807, 2.05) is 24.3 Å². The van der Waals surface area contributed by atoms with Crippen LogP contribution < -0.4 is 0 Å². The van der Waals surface area contributed by atoms with Gasteiger partial charge in [0.15, 0.2) is 0 Å². The highest BCUT2D eigenvalue weighted by molar-refractivity contribution is 9.12. The number of Topliss-reactive ketones (excluding diaryl/α,β-unsaturated/α-hetero) is 1. The molecule has 0 amide bonds. The Bertz CT molecular complexity index is 706. The van der Waals surface area contributed by atoms with E-state index in [0.717, 1.165) is 22.3 Å². The first-order valence-corrected chi connectivity index (χ1v) is 7.00. The number of ketones is 1. The number of aryl methyl sites for hydroxylation is 2. The average Bonchev–Trinajstić information content (AvgIpc) is 2.61. The summed E-state index contributed by atoms with van der Waals surface area (Å²) < 4.78 is 0.665. The van der Waals surface area contributed by atoms with E-state index in [1.54, 1.807) is 0 Å². The predicted molar refractivity (Wildman–Crippen MR) is 81.6 cm³/mol. The molecule has 0 aromatic heterocycles. The first-order chi connectivity index (χ1) is 9.08. The van der Waals surface area contributed by atoms with Gasteiger partial charge in [-0.2, -0.15) is 0 Å². The molecule has 1 aliphatic rings. The Balaban J connectivity index is 2.27. The first-order valence-electron chi connectivity index (χ1n) is 6.20. The van der Waals surface area contributed by atoms with Gasteiger partial charge in [0.05, 0.1) is 4.48 Å². The van der Waals surface area contributed by atoms with Crippen molar-refractivity contribution in [2.45, 2.75) is 13.8 Å². The number of benzene rings is 2. The zero-order valence-corrected chi connectivity index (χ0v) is 12.4. The minimum atomic E-state index is 0.0739. The summed E-state index contributed by atoms with van der Waals surface area (Å²) >= 11 is 3.47. The molecule has 0 heterocycles. The lowest BCUT2D eigenvalue weighted by Crippen LogP contribution is -1.92. The van der Waals surface area contributed by atoms with E-state index in [-0.39, 0.29) is 5.78 Å². The van der Waals surface area contributed by atoms with Gasteiger partial charge in [-0.15, -0.1) is 0 Å². The lowest BCUT2D eigenvalue weighted by Gasteiger charge is -2.08. The lowest BCUT2D eigenvalue weighted by molar-refractivity contribution is 0.104. The van der Waals surface area contributed by atoms with Crippen LogP contribution >= 0.6 is 15.9 Å². The third-order valence-corrected chi connectivity index (χ3v) is 4.13. The number of carbonyl (C=O) groups excluding carboxylic acids is 1. The summed E-state index contributed by atoms with van der Waals surface area (Å²) in [7, 11) is 0. The minimum absolute atomic E-state index is 0.0739. The molecule has 1 aliphatic carbocycles. The summed E-state index contributed by atoms with van der Waals surface area (Å²) in [6.45, 7) is 4.15. The first kappa shape index (κ1) is 12.4. The molecule has 2 heteroatoms. The predicted octanol–water partition coefficient (Wildman–Crippen LogP) is 4.65. The molecule has 0 saturated heterocycles. The molecule has 2 aromatic carbocycles. The molecule has 1 nitrogen and oxygen atoms in total. The third kappa shape index (κ3) is 1.96. The highest BCUT2D eigenvalue weighted by Gasteiger charge is 2.28. The van der Waals surface area contributed by atoms with Crippen molar-refractivity contribution in [2.24, 2.45) is 0 Å². The maximum Gasteiger partial charge on any atom is 0.201 e. The fraction of sp³-hybridized carbons (Fsp3) is 0.118. The number of hydrogen-bond donors (Lipinski definition) is 0. The van der Waals surface area contributed by atoms with Gasteiger partial charge in [-0.1, -0.05) is 53.6 Å². The van der Waals surface area contributed by atoms with Crippen LogP contribution in [-0.2, 0) is 0 Å². The van der Waals surface area contributed by atoms with E-state index in [4.69, 9.17) is 0 Å². The highest BCUT2D eigenvalue weighted by Crippen LogP contribution is 2.40. The molecule has 19 heavy (non-hydrogen) atoms. The van der Waals surface area contributed by atoms with Crippen LogP contribution in [0.1, 0.15) is 32.6 Å². The van der Waals surface area contributed by atoms with Gasteiger partial charge < -0.3 is 0 Å². The van der Waals surface area contributed by atoms with Gasteiger partial charge in [0, 0.05) is 11.1 Å². The number of rotatable bonds is 1. The van der Waals surface area contributed by atoms with Crippen LogP contribution in [0.25, 0.3) is 5.57 Å². The molecule has 0 unspecified atom stereocenters. The fourth-order valence-electron chi connectivity index (χ4n) is 2.65. The van der Waals surface area contributed by atoms with Crippen molar-refractivity contribution in [1.82, 2.24) is 0 Å². The largest absolute Gasteiger partial charge is 0.288 e. The Hall–Kier alpha value is -1.67. The normalized spacial score (nSPS) is 13.9. The summed E-state index contributed by atoms with van der Waals surface area (Å²) in [5.74, 6) is 0.0739. The van der Waals surface area contributed by atoms with Gasteiger partial charge >= 0.3 is 0 Å². The Morgan fingerprint density at radius 1 is 0.895 bits per heavy atom. The van der Waals surface area contributed by atoms with Crippen LogP contribution in [0.15, 0.2) is 46.9 Å². The Morgan fingerprint density at radius 3 is 2.11 bits per heavy atom. The van der Waals surface area contributed by atoms with Crippen molar-refractivity contribution in [1.29, 1.82) is 0 Å². The van der Waals surface area contributed by atoms with E-state index in [9.17, 15) is 4.79 Å². The molecule has 0 saturated carbocycles. The zero-order valence-electron chi connectivity index (χ0n) is 10.8. The van der Waals surface area contributed by atoms with Gasteiger partial charge in [-0.3, -0.25) is 4.79 Å². The molecular weight excluding hydrogens is 300 g/mol. The van der Waals surface area contributed by atoms with Crippen molar-refractivity contribution in [3.63, 3.8) is 0 Å². The number of hydrogen-bond acceptors (Lipinski definition) is 1. The summed E-state index contributed by atoms with van der Waals surface area (Å²) in [5.41, 5.74) is 6.32. The second-order valence-corrected chi connectivity index (χ2v) is 5.73. The van der Waals surface area contributed by atoms with Crippen LogP contribution in [0.4, 0.5) is 0 Å². The Kier molecular flexibility index (Phi) is 2.90. The summed E-state index contributed by atoms with van der Waals surface area (Å²) in [5, 5.41) is 0. The van der Waals surface area contributed by atoms with Gasteiger partial charge in [0.1, 0.15) is 0 Å². The second kappa shape index (κ2) is 4.46. The topological polar surface area (TPSA) is 17.1 Å². The van der Waals surface area contributed by atoms with E-state index < -0.39 is 0 Å². The number of halogens is 1. The van der Waals surface area contributed by atoms with Crippen molar-refractivity contribution in [3.8, 4) is 0 Å². The summed E-state index contributed by atoms with van der Waals surface area (Å²) in [4.78, 5) is 12.2. The molecule has 2 aromatic rings. The van der Waals surface area contributed by atoms with Crippen molar-refractivity contribution >= 4 is 27.3 Å². The maximum absolute atomic E-state index is 12.2. The van der Waals surface area contributed by atoms with Crippen molar-refractivity contribution < 1.29 is 4.79 Å². The van der Waals surface area contributed by atoms with E-state index >= 15 is 0 Å². The smallest absolute Gasteiger partial charge is 0.201 e. The standard InChI is InChI=1S/C17H13BrO/c1-10-7-11(2)9-12(8-10)15-13-5-3-4-6-14(13)17(19)16(15)18/h3-9H,1-2H3. The fourth-order valence-corrected chi connectivity index (χ4v) is 3.31. The van der Waals surface area contributed by atoms with Gasteiger partial charge in [-0.05, 0) is 40.9 Å². The van der Waals surface area contributed by atoms with Crippen LogP contribution in [0.5, 0.6) is 0 Å².